The Morgan fingerprint density at radius 2 is 2.43 bits per heavy atom. The zero-order valence-corrected chi connectivity index (χ0v) is 9.30. The summed E-state index contributed by atoms with van der Waals surface area (Å²) < 4.78 is 4.90. The zero-order valence-electron chi connectivity index (χ0n) is 8.49. The Labute approximate surface area is 88.0 Å². The third-order valence-corrected chi connectivity index (χ3v) is 3.06. The van der Waals surface area contributed by atoms with Gasteiger partial charge in [0.15, 0.2) is 5.12 Å². The van der Waals surface area contributed by atoms with Crippen molar-refractivity contribution < 1.29 is 14.3 Å². The van der Waals surface area contributed by atoms with Gasteiger partial charge in [-0.2, -0.15) is 0 Å². The van der Waals surface area contributed by atoms with Crippen molar-refractivity contribution in [2.24, 2.45) is 0 Å². The highest BCUT2D eigenvalue weighted by atomic mass is 32.2. The number of rotatable bonds is 4. The lowest BCUT2D eigenvalue weighted by Crippen LogP contribution is -2.29. The summed E-state index contributed by atoms with van der Waals surface area (Å²) in [5, 5.41) is 0.216. The van der Waals surface area contributed by atoms with Crippen LogP contribution in [-0.2, 0) is 14.3 Å². The van der Waals surface area contributed by atoms with E-state index in [1.165, 1.54) is 18.7 Å². The molecule has 1 heterocycles. The number of hydrogen-bond acceptors (Lipinski definition) is 4. The van der Waals surface area contributed by atoms with Crippen molar-refractivity contribution in [1.29, 1.82) is 0 Å². The first kappa shape index (κ1) is 11.5. The van der Waals surface area contributed by atoms with Crippen molar-refractivity contribution in [3.8, 4) is 0 Å². The van der Waals surface area contributed by atoms with Crippen LogP contribution in [0, 0.1) is 0 Å². The number of carbonyl (C=O) groups excluding carboxylic acids is 2. The van der Waals surface area contributed by atoms with E-state index in [1.807, 2.05) is 0 Å². The summed E-state index contributed by atoms with van der Waals surface area (Å²) in [7, 11) is 1.61. The summed E-state index contributed by atoms with van der Waals surface area (Å²) in [6.45, 7) is 3.40. The van der Waals surface area contributed by atoms with Crippen molar-refractivity contribution in [3.63, 3.8) is 0 Å². The molecule has 14 heavy (non-hydrogen) atoms. The molecule has 1 rings (SSSR count). The van der Waals surface area contributed by atoms with Gasteiger partial charge in [0, 0.05) is 38.8 Å². The molecular weight excluding hydrogens is 202 g/mol. The molecule has 1 fully saturated rings. The van der Waals surface area contributed by atoms with Gasteiger partial charge >= 0.3 is 0 Å². The number of amides is 1. The van der Waals surface area contributed by atoms with Crippen LogP contribution in [0.4, 0.5) is 0 Å². The Morgan fingerprint density at radius 3 is 3.00 bits per heavy atom. The molecule has 0 N–H and O–H groups in total. The molecule has 0 aromatic rings. The van der Waals surface area contributed by atoms with E-state index in [-0.39, 0.29) is 16.3 Å². The highest BCUT2D eigenvalue weighted by Gasteiger charge is 2.30. The van der Waals surface area contributed by atoms with Crippen LogP contribution >= 0.6 is 11.8 Å². The fraction of sp³-hybridized carbons (Fsp3) is 0.778. The minimum Gasteiger partial charge on any atom is -0.383 e. The molecule has 0 radical (unpaired) electrons. The largest absolute Gasteiger partial charge is 0.383 e. The predicted molar refractivity (Wildman–Crippen MR) is 55.1 cm³/mol. The van der Waals surface area contributed by atoms with Gasteiger partial charge in [0.25, 0.3) is 0 Å². The zero-order chi connectivity index (χ0) is 10.6. The first-order valence-corrected chi connectivity index (χ1v) is 5.45. The monoisotopic (exact) mass is 217 g/mol. The van der Waals surface area contributed by atoms with Gasteiger partial charge in [-0.25, -0.2) is 0 Å². The number of nitrogens with zero attached hydrogens (tertiary/aromatic N) is 1. The van der Waals surface area contributed by atoms with Gasteiger partial charge in [0.1, 0.15) is 0 Å². The van der Waals surface area contributed by atoms with Crippen molar-refractivity contribution in [3.05, 3.63) is 0 Å². The summed E-state index contributed by atoms with van der Waals surface area (Å²) in [6, 6.07) is 0. The third kappa shape index (κ3) is 3.31. The topological polar surface area (TPSA) is 46.6 Å². The fourth-order valence-electron chi connectivity index (χ4n) is 1.47. The van der Waals surface area contributed by atoms with E-state index in [0.29, 0.717) is 26.1 Å². The van der Waals surface area contributed by atoms with E-state index >= 15 is 0 Å². The van der Waals surface area contributed by atoms with E-state index < -0.39 is 0 Å². The van der Waals surface area contributed by atoms with E-state index in [0.717, 1.165) is 0 Å². The molecule has 1 aliphatic rings. The lowest BCUT2D eigenvalue weighted by Gasteiger charge is -2.15. The average Bonchev–Trinajstić information content (AvgIpc) is 2.41. The number of likely N-dealkylation sites (tertiary alicyclic amines) is 1. The van der Waals surface area contributed by atoms with Gasteiger partial charge in [0.05, 0.1) is 6.61 Å². The maximum absolute atomic E-state index is 11.4. The standard InChI is InChI=1S/C9H15NO3S/c1-7(11)14-8-5-9(12)10(6-8)3-4-13-2/h8H,3-6H2,1-2H3. The highest BCUT2D eigenvalue weighted by Crippen LogP contribution is 2.23. The van der Waals surface area contributed by atoms with E-state index in [2.05, 4.69) is 0 Å². The summed E-state index contributed by atoms with van der Waals surface area (Å²) in [5.74, 6) is 0.126. The quantitative estimate of drug-likeness (QED) is 0.688. The molecule has 1 amide bonds. The number of methoxy groups -OCH3 is 1. The van der Waals surface area contributed by atoms with Crippen LogP contribution in [0.25, 0.3) is 0 Å². The number of ether oxygens (including phenoxy) is 1. The second-order valence-electron chi connectivity index (χ2n) is 3.27. The molecule has 1 atom stereocenters. The number of carbonyl (C=O) groups is 2. The first-order valence-electron chi connectivity index (χ1n) is 4.57. The van der Waals surface area contributed by atoms with Crippen LogP contribution in [0.15, 0.2) is 0 Å². The molecular formula is C9H15NO3S. The molecule has 1 aliphatic heterocycles. The van der Waals surface area contributed by atoms with Crippen LogP contribution in [0.3, 0.4) is 0 Å². The summed E-state index contributed by atoms with van der Waals surface area (Å²) in [5.41, 5.74) is 0. The summed E-state index contributed by atoms with van der Waals surface area (Å²) >= 11 is 1.26. The fourth-order valence-corrected chi connectivity index (χ4v) is 2.42. The normalized spacial score (nSPS) is 21.7. The smallest absolute Gasteiger partial charge is 0.223 e. The number of thioether (sulfide) groups is 1. The highest BCUT2D eigenvalue weighted by molar-refractivity contribution is 8.14. The second-order valence-corrected chi connectivity index (χ2v) is 4.75. The van der Waals surface area contributed by atoms with Crippen LogP contribution in [-0.4, -0.2) is 48.0 Å². The van der Waals surface area contributed by atoms with Crippen molar-refractivity contribution in [1.82, 2.24) is 4.90 Å². The Morgan fingerprint density at radius 1 is 1.71 bits per heavy atom. The Bertz CT molecular complexity index is 232. The molecule has 0 aromatic heterocycles. The molecule has 0 saturated carbocycles. The van der Waals surface area contributed by atoms with Crippen LogP contribution < -0.4 is 0 Å². The SMILES string of the molecule is COCCN1CC(SC(C)=O)CC1=O. The van der Waals surface area contributed by atoms with Gasteiger partial charge in [-0.15, -0.1) is 0 Å². The molecule has 4 nitrogen and oxygen atoms in total. The van der Waals surface area contributed by atoms with Crippen molar-refractivity contribution in [2.45, 2.75) is 18.6 Å². The minimum absolute atomic E-state index is 0.0800. The van der Waals surface area contributed by atoms with Crippen LogP contribution in [0.1, 0.15) is 13.3 Å². The molecule has 0 bridgehead atoms. The first-order chi connectivity index (χ1) is 6.63. The molecule has 1 saturated heterocycles. The summed E-state index contributed by atoms with van der Waals surface area (Å²) in [6.07, 6.45) is 0.480. The minimum atomic E-state index is 0.0800. The second kappa shape index (κ2) is 5.36. The third-order valence-electron chi connectivity index (χ3n) is 2.08. The van der Waals surface area contributed by atoms with E-state index in [4.69, 9.17) is 4.74 Å². The Kier molecular flexibility index (Phi) is 4.41. The van der Waals surface area contributed by atoms with Crippen molar-refractivity contribution >= 4 is 22.8 Å². The van der Waals surface area contributed by atoms with Gasteiger partial charge in [-0.1, -0.05) is 11.8 Å². The molecule has 0 spiro atoms. The Balaban J connectivity index is 2.35. The van der Waals surface area contributed by atoms with Crippen LogP contribution in [0.5, 0.6) is 0 Å². The molecule has 5 heteroatoms. The van der Waals surface area contributed by atoms with E-state index in [9.17, 15) is 9.59 Å². The molecule has 0 aromatic carbocycles. The molecule has 0 aliphatic carbocycles. The predicted octanol–water partition coefficient (Wildman–Crippen LogP) is 0.513. The lowest BCUT2D eigenvalue weighted by molar-refractivity contribution is -0.128. The van der Waals surface area contributed by atoms with Crippen molar-refractivity contribution in [2.75, 3.05) is 26.8 Å². The van der Waals surface area contributed by atoms with Crippen LogP contribution in [0.2, 0.25) is 0 Å². The summed E-state index contributed by atoms with van der Waals surface area (Å²) in [4.78, 5) is 24.0. The van der Waals surface area contributed by atoms with Gasteiger partial charge in [-0.05, 0) is 0 Å². The average molecular weight is 217 g/mol. The van der Waals surface area contributed by atoms with Gasteiger partial charge in [0.2, 0.25) is 5.91 Å². The maximum atomic E-state index is 11.4. The van der Waals surface area contributed by atoms with Gasteiger partial charge < -0.3 is 9.64 Å². The Hall–Kier alpha value is -0.550. The maximum Gasteiger partial charge on any atom is 0.223 e. The number of hydrogen-bond donors (Lipinski definition) is 0. The molecule has 80 valence electrons. The van der Waals surface area contributed by atoms with E-state index in [1.54, 1.807) is 12.0 Å². The van der Waals surface area contributed by atoms with Gasteiger partial charge in [-0.3, -0.25) is 9.59 Å². The molecule has 1 unspecified atom stereocenters. The lowest BCUT2D eigenvalue weighted by atomic mass is 10.4.